The van der Waals surface area contributed by atoms with Gasteiger partial charge in [-0.2, -0.15) is 17.6 Å². The lowest BCUT2D eigenvalue weighted by Gasteiger charge is -2.17. The molecule has 0 amide bonds. The van der Waals surface area contributed by atoms with Gasteiger partial charge in [-0.3, -0.25) is 0 Å². The van der Waals surface area contributed by atoms with E-state index in [1.807, 2.05) is 0 Å². The number of nitrogens with zero attached hydrogens (tertiary/aromatic N) is 1. The lowest BCUT2D eigenvalue weighted by Crippen LogP contribution is -2.09. The first-order valence-electron chi connectivity index (χ1n) is 6.76. The molecule has 124 valence electrons. The van der Waals surface area contributed by atoms with Crippen LogP contribution in [0.5, 0.6) is 0 Å². The maximum atomic E-state index is 14.2. The molecular formula is C16H13F6N. The van der Waals surface area contributed by atoms with Crippen LogP contribution < -0.4 is 0 Å². The van der Waals surface area contributed by atoms with E-state index in [-0.39, 0.29) is 17.0 Å². The molecule has 0 atom stereocenters. The minimum atomic E-state index is -4.68. The molecule has 0 saturated carbocycles. The SMILES string of the molecule is Cc1nc(F)c(F)c(-c2cc(C(F)(F)F)ccc2C(C)C)c1F. The highest BCUT2D eigenvalue weighted by Gasteiger charge is 2.32. The molecule has 0 aliphatic heterocycles. The van der Waals surface area contributed by atoms with Gasteiger partial charge >= 0.3 is 6.18 Å². The third kappa shape index (κ3) is 3.18. The zero-order valence-corrected chi connectivity index (χ0v) is 12.5. The molecule has 0 unspecified atom stereocenters. The third-order valence-electron chi connectivity index (χ3n) is 3.48. The van der Waals surface area contributed by atoms with Crippen molar-refractivity contribution >= 4 is 0 Å². The average molecular weight is 333 g/mol. The number of hydrogen-bond donors (Lipinski definition) is 0. The molecule has 1 aromatic carbocycles. The van der Waals surface area contributed by atoms with Crippen molar-refractivity contribution in [3.63, 3.8) is 0 Å². The average Bonchev–Trinajstić information content (AvgIpc) is 2.44. The topological polar surface area (TPSA) is 12.9 Å². The van der Waals surface area contributed by atoms with Crippen molar-refractivity contribution in [2.75, 3.05) is 0 Å². The molecule has 1 heterocycles. The summed E-state index contributed by atoms with van der Waals surface area (Å²) in [5.74, 6) is -4.65. The summed E-state index contributed by atoms with van der Waals surface area (Å²) in [6, 6.07) is 2.62. The third-order valence-corrected chi connectivity index (χ3v) is 3.48. The number of pyridine rings is 1. The predicted octanol–water partition coefficient (Wildman–Crippen LogP) is 5.62. The quantitative estimate of drug-likeness (QED) is 0.514. The molecule has 0 radical (unpaired) electrons. The minimum absolute atomic E-state index is 0.279. The predicted molar refractivity (Wildman–Crippen MR) is 73.4 cm³/mol. The van der Waals surface area contributed by atoms with Gasteiger partial charge in [0.15, 0.2) is 11.6 Å². The number of benzene rings is 1. The van der Waals surface area contributed by atoms with Gasteiger partial charge in [0.2, 0.25) is 5.95 Å². The van der Waals surface area contributed by atoms with Crippen LogP contribution in [0.3, 0.4) is 0 Å². The molecular weight excluding hydrogens is 320 g/mol. The normalized spacial score (nSPS) is 12.1. The molecule has 0 N–H and O–H groups in total. The highest BCUT2D eigenvalue weighted by Crippen LogP contribution is 2.38. The second kappa shape index (κ2) is 5.86. The van der Waals surface area contributed by atoms with E-state index >= 15 is 0 Å². The van der Waals surface area contributed by atoms with Gasteiger partial charge in [-0.1, -0.05) is 19.9 Å². The van der Waals surface area contributed by atoms with E-state index in [1.54, 1.807) is 13.8 Å². The summed E-state index contributed by atoms with van der Waals surface area (Å²) < 4.78 is 80.5. The van der Waals surface area contributed by atoms with Gasteiger partial charge in [-0.15, -0.1) is 0 Å². The van der Waals surface area contributed by atoms with Crippen molar-refractivity contribution < 1.29 is 26.3 Å². The minimum Gasteiger partial charge on any atom is -0.219 e. The van der Waals surface area contributed by atoms with Crippen LogP contribution in [0.4, 0.5) is 26.3 Å². The first kappa shape index (κ1) is 17.3. The van der Waals surface area contributed by atoms with Crippen molar-refractivity contribution in [3.8, 4) is 11.1 Å². The standard InChI is InChI=1S/C16H13F6N/c1-7(2)10-5-4-9(16(20,21)22)6-11(10)12-13(17)8(3)23-15(19)14(12)18/h4-7H,1-3H3. The smallest absolute Gasteiger partial charge is 0.219 e. The van der Waals surface area contributed by atoms with Gasteiger partial charge in [-0.05, 0) is 36.1 Å². The molecule has 1 aromatic heterocycles. The summed E-state index contributed by atoms with van der Waals surface area (Å²) in [5.41, 5.74) is -2.36. The molecule has 23 heavy (non-hydrogen) atoms. The fraction of sp³-hybridized carbons (Fsp3) is 0.312. The van der Waals surface area contributed by atoms with Crippen LogP contribution in [0.15, 0.2) is 18.2 Å². The van der Waals surface area contributed by atoms with Crippen LogP contribution in [-0.4, -0.2) is 4.98 Å². The number of alkyl halides is 3. The van der Waals surface area contributed by atoms with Gasteiger partial charge in [-0.25, -0.2) is 13.8 Å². The number of aryl methyl sites for hydroxylation is 1. The fourth-order valence-electron chi connectivity index (χ4n) is 2.31. The first-order chi connectivity index (χ1) is 10.5. The Morgan fingerprint density at radius 2 is 1.61 bits per heavy atom. The highest BCUT2D eigenvalue weighted by atomic mass is 19.4. The van der Waals surface area contributed by atoms with Crippen LogP contribution in [0, 0.1) is 24.5 Å². The van der Waals surface area contributed by atoms with Gasteiger partial charge in [0, 0.05) is 0 Å². The van der Waals surface area contributed by atoms with Crippen LogP contribution >= 0.6 is 0 Å². The van der Waals surface area contributed by atoms with Crippen LogP contribution in [0.25, 0.3) is 11.1 Å². The Bertz CT molecular complexity index is 723. The molecule has 0 spiro atoms. The molecule has 0 bridgehead atoms. The lowest BCUT2D eigenvalue weighted by molar-refractivity contribution is -0.137. The van der Waals surface area contributed by atoms with Crippen molar-refractivity contribution in [2.45, 2.75) is 32.9 Å². The Hall–Kier alpha value is -2.05. The van der Waals surface area contributed by atoms with E-state index in [4.69, 9.17) is 0 Å². The number of hydrogen-bond acceptors (Lipinski definition) is 1. The molecule has 0 saturated heterocycles. The van der Waals surface area contributed by atoms with Crippen molar-refractivity contribution in [2.24, 2.45) is 0 Å². The van der Waals surface area contributed by atoms with E-state index in [1.165, 1.54) is 0 Å². The second-order valence-corrected chi connectivity index (χ2v) is 5.45. The summed E-state index contributed by atoms with van der Waals surface area (Å²) >= 11 is 0. The van der Waals surface area contributed by atoms with Gasteiger partial charge in [0.1, 0.15) is 0 Å². The Morgan fingerprint density at radius 3 is 2.13 bits per heavy atom. The monoisotopic (exact) mass is 333 g/mol. The Labute approximate surface area is 129 Å². The summed E-state index contributed by atoms with van der Waals surface area (Å²) in [7, 11) is 0. The van der Waals surface area contributed by atoms with E-state index < -0.39 is 40.6 Å². The second-order valence-electron chi connectivity index (χ2n) is 5.45. The Morgan fingerprint density at radius 1 is 1.00 bits per heavy atom. The fourth-order valence-corrected chi connectivity index (χ4v) is 2.31. The van der Waals surface area contributed by atoms with Crippen LogP contribution in [0.2, 0.25) is 0 Å². The zero-order valence-electron chi connectivity index (χ0n) is 12.5. The molecule has 2 rings (SSSR count). The largest absolute Gasteiger partial charge is 0.416 e. The van der Waals surface area contributed by atoms with Crippen LogP contribution in [-0.2, 0) is 6.18 Å². The van der Waals surface area contributed by atoms with E-state index in [2.05, 4.69) is 4.98 Å². The maximum absolute atomic E-state index is 14.2. The molecule has 0 fully saturated rings. The van der Waals surface area contributed by atoms with Crippen molar-refractivity contribution in [1.82, 2.24) is 4.98 Å². The maximum Gasteiger partial charge on any atom is 0.416 e. The molecule has 2 aromatic rings. The summed E-state index contributed by atoms with van der Waals surface area (Å²) in [4.78, 5) is 3.07. The van der Waals surface area contributed by atoms with Gasteiger partial charge < -0.3 is 0 Å². The summed E-state index contributed by atoms with van der Waals surface area (Å²) in [6.45, 7) is 4.43. The lowest BCUT2D eigenvalue weighted by atomic mass is 9.90. The molecule has 0 aliphatic carbocycles. The molecule has 7 heteroatoms. The first-order valence-corrected chi connectivity index (χ1v) is 6.76. The number of aromatic nitrogens is 1. The van der Waals surface area contributed by atoms with Crippen LogP contribution in [0.1, 0.15) is 36.6 Å². The van der Waals surface area contributed by atoms with E-state index in [0.717, 1.165) is 19.1 Å². The summed E-state index contributed by atoms with van der Waals surface area (Å²) in [6.07, 6.45) is -4.68. The van der Waals surface area contributed by atoms with E-state index in [0.29, 0.717) is 6.07 Å². The molecule has 0 aliphatic rings. The zero-order chi connectivity index (χ0) is 17.5. The highest BCUT2D eigenvalue weighted by molar-refractivity contribution is 5.70. The Balaban J connectivity index is 2.86. The molecule has 1 nitrogen and oxygen atoms in total. The Kier molecular flexibility index (Phi) is 4.41. The van der Waals surface area contributed by atoms with E-state index in [9.17, 15) is 26.3 Å². The summed E-state index contributed by atoms with van der Waals surface area (Å²) in [5, 5.41) is 0. The van der Waals surface area contributed by atoms with Crippen molar-refractivity contribution in [3.05, 3.63) is 52.6 Å². The number of rotatable bonds is 2. The number of halogens is 6. The van der Waals surface area contributed by atoms with Gasteiger partial charge in [0.05, 0.1) is 16.8 Å². The van der Waals surface area contributed by atoms with Gasteiger partial charge in [0.25, 0.3) is 0 Å². The van der Waals surface area contributed by atoms with Crippen molar-refractivity contribution in [1.29, 1.82) is 0 Å².